The van der Waals surface area contributed by atoms with E-state index in [0.717, 1.165) is 24.8 Å². The summed E-state index contributed by atoms with van der Waals surface area (Å²) >= 11 is 0. The second-order valence-electron chi connectivity index (χ2n) is 7.88. The molecule has 0 saturated carbocycles. The zero-order valence-corrected chi connectivity index (χ0v) is 16.8. The van der Waals surface area contributed by atoms with Gasteiger partial charge in [0.2, 0.25) is 5.91 Å². The summed E-state index contributed by atoms with van der Waals surface area (Å²) in [4.78, 5) is 12.3. The standard InChI is InChI=1S/C22H37NO/c1-9-13-19(12-4)16-21(5,6)17-22(7,8)23-20(24)15-14-18(10-2)11-3/h9-13H,2,14-17H2,1,3-8H3,(H,23,24)/b13-9-,18-11+,19-12+. The maximum Gasteiger partial charge on any atom is 0.220 e. The van der Waals surface area contributed by atoms with Gasteiger partial charge in [0.05, 0.1) is 0 Å². The van der Waals surface area contributed by atoms with E-state index in [-0.39, 0.29) is 16.9 Å². The molecular weight excluding hydrogens is 294 g/mol. The summed E-state index contributed by atoms with van der Waals surface area (Å²) in [5.41, 5.74) is 2.36. The van der Waals surface area contributed by atoms with Gasteiger partial charge >= 0.3 is 0 Å². The lowest BCUT2D eigenvalue weighted by Crippen LogP contribution is -2.46. The van der Waals surface area contributed by atoms with E-state index in [9.17, 15) is 4.79 Å². The van der Waals surface area contributed by atoms with Crippen LogP contribution in [0.15, 0.2) is 48.1 Å². The molecule has 0 aliphatic heterocycles. The van der Waals surface area contributed by atoms with Crippen LogP contribution in [-0.2, 0) is 4.79 Å². The Kier molecular flexibility index (Phi) is 9.65. The largest absolute Gasteiger partial charge is 0.351 e. The first-order chi connectivity index (χ1) is 11.1. The summed E-state index contributed by atoms with van der Waals surface area (Å²) in [6, 6.07) is 0. The highest BCUT2D eigenvalue weighted by molar-refractivity contribution is 5.77. The van der Waals surface area contributed by atoms with Crippen molar-refractivity contribution in [1.82, 2.24) is 5.32 Å². The van der Waals surface area contributed by atoms with Gasteiger partial charge in [-0.1, -0.05) is 62.0 Å². The molecule has 0 rings (SSSR count). The predicted molar refractivity (Wildman–Crippen MR) is 107 cm³/mol. The van der Waals surface area contributed by atoms with Gasteiger partial charge in [-0.25, -0.2) is 0 Å². The molecule has 0 aliphatic rings. The first-order valence-corrected chi connectivity index (χ1v) is 8.95. The minimum atomic E-state index is -0.223. The average molecular weight is 332 g/mol. The third-order valence-electron chi connectivity index (χ3n) is 4.11. The summed E-state index contributed by atoms with van der Waals surface area (Å²) in [6.45, 7) is 18.6. The quantitative estimate of drug-likeness (QED) is 0.480. The second-order valence-corrected chi connectivity index (χ2v) is 7.88. The highest BCUT2D eigenvalue weighted by Gasteiger charge is 2.30. The molecule has 0 heterocycles. The number of amides is 1. The summed E-state index contributed by atoms with van der Waals surface area (Å²) in [7, 11) is 0. The molecule has 2 heteroatoms. The van der Waals surface area contributed by atoms with Crippen molar-refractivity contribution in [2.75, 3.05) is 0 Å². The van der Waals surface area contributed by atoms with Crippen LogP contribution in [0.2, 0.25) is 0 Å². The maximum atomic E-state index is 12.3. The number of hydrogen-bond acceptors (Lipinski definition) is 1. The van der Waals surface area contributed by atoms with Gasteiger partial charge in [0.15, 0.2) is 0 Å². The highest BCUT2D eigenvalue weighted by atomic mass is 16.1. The smallest absolute Gasteiger partial charge is 0.220 e. The van der Waals surface area contributed by atoms with Gasteiger partial charge in [0.25, 0.3) is 0 Å². The monoisotopic (exact) mass is 331 g/mol. The summed E-state index contributed by atoms with van der Waals surface area (Å²) in [5, 5.41) is 3.20. The van der Waals surface area contributed by atoms with Crippen molar-refractivity contribution in [1.29, 1.82) is 0 Å². The molecule has 1 amide bonds. The molecule has 0 aromatic heterocycles. The highest BCUT2D eigenvalue weighted by Crippen LogP contribution is 2.34. The van der Waals surface area contributed by atoms with E-state index in [4.69, 9.17) is 0 Å². The minimum Gasteiger partial charge on any atom is -0.351 e. The van der Waals surface area contributed by atoms with Crippen LogP contribution in [0.25, 0.3) is 0 Å². The van der Waals surface area contributed by atoms with E-state index in [1.54, 1.807) is 0 Å². The lowest BCUT2D eigenvalue weighted by Gasteiger charge is -2.36. The molecule has 2 nitrogen and oxygen atoms in total. The Morgan fingerprint density at radius 3 is 2.04 bits per heavy atom. The van der Waals surface area contributed by atoms with E-state index < -0.39 is 0 Å². The average Bonchev–Trinajstić information content (AvgIpc) is 2.45. The molecule has 0 spiro atoms. The Hall–Kier alpha value is -1.57. The number of rotatable bonds is 10. The van der Waals surface area contributed by atoms with E-state index in [1.165, 1.54) is 5.57 Å². The lowest BCUT2D eigenvalue weighted by atomic mass is 9.75. The zero-order chi connectivity index (χ0) is 18.8. The van der Waals surface area contributed by atoms with Gasteiger partial charge in [-0.3, -0.25) is 4.79 Å². The zero-order valence-electron chi connectivity index (χ0n) is 16.8. The first-order valence-electron chi connectivity index (χ1n) is 8.95. The van der Waals surface area contributed by atoms with Crippen LogP contribution in [0.5, 0.6) is 0 Å². The molecule has 0 saturated heterocycles. The number of carbonyl (C=O) groups is 1. The maximum absolute atomic E-state index is 12.3. The minimum absolute atomic E-state index is 0.108. The van der Waals surface area contributed by atoms with Crippen molar-refractivity contribution in [3.8, 4) is 0 Å². The van der Waals surface area contributed by atoms with Crippen molar-refractivity contribution < 1.29 is 4.79 Å². The SMILES string of the molecule is C=C/C(=C\C)CCC(=O)NC(C)(C)CC(C)(C)CC(/C=C\C)=C/C. The topological polar surface area (TPSA) is 29.1 Å². The van der Waals surface area contributed by atoms with Gasteiger partial charge in [-0.05, 0) is 59.3 Å². The molecule has 0 atom stereocenters. The molecule has 0 bridgehead atoms. The van der Waals surface area contributed by atoms with E-state index in [1.807, 2.05) is 26.0 Å². The Morgan fingerprint density at radius 1 is 1.00 bits per heavy atom. The fourth-order valence-electron chi connectivity index (χ4n) is 3.39. The number of nitrogens with one attached hydrogen (secondary N) is 1. The number of allylic oxidation sites excluding steroid dienone is 7. The molecule has 0 aromatic rings. The second kappa shape index (κ2) is 10.3. The Balaban J connectivity index is 4.71. The normalized spacial score (nSPS) is 14.1. The lowest BCUT2D eigenvalue weighted by molar-refractivity contribution is -0.122. The van der Waals surface area contributed by atoms with Crippen molar-refractivity contribution in [2.45, 2.75) is 79.7 Å². The van der Waals surface area contributed by atoms with Gasteiger partial charge in [0.1, 0.15) is 0 Å². The van der Waals surface area contributed by atoms with Crippen molar-refractivity contribution in [3.63, 3.8) is 0 Å². The molecule has 24 heavy (non-hydrogen) atoms. The van der Waals surface area contributed by atoms with Crippen LogP contribution in [0, 0.1) is 5.41 Å². The van der Waals surface area contributed by atoms with E-state index in [0.29, 0.717) is 6.42 Å². The molecule has 0 unspecified atom stereocenters. The van der Waals surface area contributed by atoms with Crippen LogP contribution < -0.4 is 5.32 Å². The Bertz CT molecular complexity index is 504. The number of hydrogen-bond donors (Lipinski definition) is 1. The van der Waals surface area contributed by atoms with Crippen LogP contribution in [0.1, 0.15) is 74.1 Å². The summed E-state index contributed by atoms with van der Waals surface area (Å²) < 4.78 is 0. The molecule has 0 radical (unpaired) electrons. The Labute approximate surface area is 149 Å². The van der Waals surface area contributed by atoms with E-state index in [2.05, 4.69) is 64.7 Å². The van der Waals surface area contributed by atoms with Crippen molar-refractivity contribution in [3.05, 3.63) is 48.1 Å². The molecule has 0 aromatic carbocycles. The van der Waals surface area contributed by atoms with Crippen LogP contribution >= 0.6 is 0 Å². The molecule has 0 aliphatic carbocycles. The summed E-state index contributed by atoms with van der Waals surface area (Å²) in [5.74, 6) is 0.108. The van der Waals surface area contributed by atoms with Crippen LogP contribution in [0.3, 0.4) is 0 Å². The molecule has 1 N–H and O–H groups in total. The predicted octanol–water partition coefficient (Wildman–Crippen LogP) is 6.12. The first kappa shape index (κ1) is 22.4. The molecule has 0 fully saturated rings. The van der Waals surface area contributed by atoms with Crippen molar-refractivity contribution >= 4 is 5.91 Å². The fraction of sp³-hybridized carbons (Fsp3) is 0.591. The van der Waals surface area contributed by atoms with Crippen molar-refractivity contribution in [2.24, 2.45) is 5.41 Å². The van der Waals surface area contributed by atoms with Gasteiger partial charge < -0.3 is 5.32 Å². The fourth-order valence-corrected chi connectivity index (χ4v) is 3.39. The molecular formula is C22H37NO. The summed E-state index contributed by atoms with van der Waals surface area (Å²) in [6.07, 6.45) is 13.4. The van der Waals surface area contributed by atoms with Crippen LogP contribution in [0.4, 0.5) is 0 Å². The Morgan fingerprint density at radius 2 is 1.58 bits per heavy atom. The third-order valence-corrected chi connectivity index (χ3v) is 4.11. The van der Waals surface area contributed by atoms with E-state index >= 15 is 0 Å². The number of carbonyl (C=O) groups excluding carboxylic acids is 1. The van der Waals surface area contributed by atoms with Crippen LogP contribution in [-0.4, -0.2) is 11.4 Å². The van der Waals surface area contributed by atoms with Gasteiger partial charge in [0, 0.05) is 12.0 Å². The third kappa shape index (κ3) is 9.54. The van der Waals surface area contributed by atoms with Gasteiger partial charge in [-0.15, -0.1) is 0 Å². The molecule has 136 valence electrons. The van der Waals surface area contributed by atoms with Gasteiger partial charge in [-0.2, -0.15) is 0 Å².